The summed E-state index contributed by atoms with van der Waals surface area (Å²) in [5, 5.41) is 6.10. The molecule has 0 atom stereocenters. The number of rotatable bonds is 6. The zero-order valence-electron chi connectivity index (χ0n) is 15.9. The van der Waals surface area contributed by atoms with Crippen LogP contribution in [0.4, 0.5) is 17.2 Å². The zero-order chi connectivity index (χ0) is 20.9. The fourth-order valence-electron chi connectivity index (χ4n) is 2.74. The Balaban J connectivity index is 1.45. The quantitative estimate of drug-likeness (QED) is 0.438. The number of halogens is 1. The number of hydrogen-bond acceptors (Lipinski definition) is 6. The van der Waals surface area contributed by atoms with Crippen LogP contribution in [0.5, 0.6) is 5.75 Å². The van der Waals surface area contributed by atoms with Gasteiger partial charge in [-0.25, -0.2) is 15.0 Å². The number of nitrogens with one attached hydrogen (secondary N) is 2. The smallest absolute Gasteiger partial charge is 0.256 e. The van der Waals surface area contributed by atoms with Crippen LogP contribution in [-0.2, 0) is 0 Å². The Morgan fingerprint density at radius 1 is 1.07 bits per heavy atom. The number of nitrogens with zero attached hydrogens (tertiary/aromatic N) is 4. The van der Waals surface area contributed by atoms with Crippen LogP contribution in [0.15, 0.2) is 78.1 Å². The molecule has 4 rings (SSSR count). The fourth-order valence-corrected chi connectivity index (χ4v) is 3.17. The first-order chi connectivity index (χ1) is 14.6. The van der Waals surface area contributed by atoms with Crippen LogP contribution in [0, 0.1) is 0 Å². The third kappa shape index (κ3) is 4.47. The molecule has 2 N–H and O–H groups in total. The van der Waals surface area contributed by atoms with Gasteiger partial charge >= 0.3 is 0 Å². The van der Waals surface area contributed by atoms with Crippen molar-refractivity contribution in [3.8, 4) is 11.6 Å². The molecule has 0 fully saturated rings. The number of imidazole rings is 1. The second kappa shape index (κ2) is 8.75. The van der Waals surface area contributed by atoms with Gasteiger partial charge in [0.2, 0.25) is 0 Å². The highest BCUT2D eigenvalue weighted by atomic mass is 79.9. The molecule has 9 heteroatoms. The molecule has 4 aromatic rings. The molecule has 0 aliphatic carbocycles. The Labute approximate surface area is 181 Å². The maximum absolute atomic E-state index is 12.6. The molecule has 30 heavy (non-hydrogen) atoms. The van der Waals surface area contributed by atoms with E-state index in [1.807, 2.05) is 36.5 Å². The van der Waals surface area contributed by atoms with Gasteiger partial charge in [-0.05, 0) is 58.4 Å². The standard InChI is InChI=1S/C21H17BrN6O2/c1-30-16-6-7-18(22)17(10-16)21(29)27-15-4-2-14(3-5-15)26-19-11-20(25-12-24-19)28-9-8-23-13-28/h2-13H,1H3,(H,27,29)(H,24,25,26). The van der Waals surface area contributed by atoms with Gasteiger partial charge in [-0.15, -0.1) is 0 Å². The lowest BCUT2D eigenvalue weighted by Gasteiger charge is -2.10. The summed E-state index contributed by atoms with van der Waals surface area (Å²) in [6, 6.07) is 14.4. The van der Waals surface area contributed by atoms with Gasteiger partial charge < -0.3 is 15.4 Å². The maximum atomic E-state index is 12.6. The van der Waals surface area contributed by atoms with Crippen molar-refractivity contribution in [2.24, 2.45) is 0 Å². The molecular weight excluding hydrogens is 448 g/mol. The van der Waals surface area contributed by atoms with E-state index in [4.69, 9.17) is 4.74 Å². The molecule has 0 bridgehead atoms. The molecular formula is C21H17BrN6O2. The van der Waals surface area contributed by atoms with Crippen molar-refractivity contribution in [1.82, 2.24) is 19.5 Å². The minimum absolute atomic E-state index is 0.234. The normalized spacial score (nSPS) is 10.5. The molecule has 0 saturated carbocycles. The number of hydrogen-bond donors (Lipinski definition) is 2. The van der Waals surface area contributed by atoms with E-state index in [2.05, 4.69) is 41.5 Å². The van der Waals surface area contributed by atoms with Gasteiger partial charge in [0.1, 0.15) is 30.0 Å². The largest absolute Gasteiger partial charge is 0.497 e. The Hall–Kier alpha value is -3.72. The Bertz CT molecular complexity index is 1160. The van der Waals surface area contributed by atoms with Crippen LogP contribution < -0.4 is 15.4 Å². The second-order valence-corrected chi connectivity index (χ2v) is 7.09. The molecule has 1 amide bonds. The summed E-state index contributed by atoms with van der Waals surface area (Å²) in [6.45, 7) is 0. The lowest BCUT2D eigenvalue weighted by atomic mass is 10.2. The molecule has 0 aliphatic heterocycles. The van der Waals surface area contributed by atoms with E-state index in [9.17, 15) is 4.79 Å². The van der Waals surface area contributed by atoms with Gasteiger partial charge in [-0.3, -0.25) is 9.36 Å². The molecule has 0 spiro atoms. The summed E-state index contributed by atoms with van der Waals surface area (Å²) in [5.74, 6) is 1.73. The topological polar surface area (TPSA) is 94.0 Å². The van der Waals surface area contributed by atoms with Crippen LogP contribution in [0.2, 0.25) is 0 Å². The van der Waals surface area contributed by atoms with Crippen molar-refractivity contribution >= 4 is 39.0 Å². The van der Waals surface area contributed by atoms with E-state index in [-0.39, 0.29) is 5.91 Å². The summed E-state index contributed by atoms with van der Waals surface area (Å²) in [4.78, 5) is 25.1. The lowest BCUT2D eigenvalue weighted by Crippen LogP contribution is -2.12. The summed E-state index contributed by atoms with van der Waals surface area (Å²) >= 11 is 3.40. The molecule has 0 saturated heterocycles. The van der Waals surface area contributed by atoms with Crippen LogP contribution in [0.1, 0.15) is 10.4 Å². The molecule has 0 radical (unpaired) electrons. The van der Waals surface area contributed by atoms with Gasteiger partial charge in [-0.1, -0.05) is 0 Å². The third-order valence-corrected chi connectivity index (χ3v) is 4.95. The van der Waals surface area contributed by atoms with E-state index in [0.29, 0.717) is 33.1 Å². The molecule has 150 valence electrons. The lowest BCUT2D eigenvalue weighted by molar-refractivity contribution is 0.102. The monoisotopic (exact) mass is 464 g/mol. The highest BCUT2D eigenvalue weighted by Crippen LogP contribution is 2.24. The minimum atomic E-state index is -0.234. The Morgan fingerprint density at radius 3 is 2.60 bits per heavy atom. The number of anilines is 3. The first-order valence-corrected chi connectivity index (χ1v) is 9.74. The maximum Gasteiger partial charge on any atom is 0.256 e. The first kappa shape index (κ1) is 19.6. The first-order valence-electron chi connectivity index (χ1n) is 8.95. The van der Waals surface area contributed by atoms with E-state index < -0.39 is 0 Å². The number of methoxy groups -OCH3 is 1. The van der Waals surface area contributed by atoms with Gasteiger partial charge in [0.05, 0.1) is 12.7 Å². The molecule has 2 heterocycles. The Kier molecular flexibility index (Phi) is 5.71. The minimum Gasteiger partial charge on any atom is -0.497 e. The predicted octanol–water partition coefficient (Wildman–Crippen LogP) is 4.43. The average molecular weight is 465 g/mol. The average Bonchev–Trinajstić information content (AvgIpc) is 3.31. The van der Waals surface area contributed by atoms with Crippen molar-refractivity contribution in [1.29, 1.82) is 0 Å². The van der Waals surface area contributed by atoms with Crippen LogP contribution in [-0.4, -0.2) is 32.5 Å². The number of aromatic nitrogens is 4. The van der Waals surface area contributed by atoms with Crippen molar-refractivity contribution < 1.29 is 9.53 Å². The molecule has 2 aromatic carbocycles. The van der Waals surface area contributed by atoms with Gasteiger partial charge in [-0.2, -0.15) is 0 Å². The number of benzene rings is 2. The highest BCUT2D eigenvalue weighted by Gasteiger charge is 2.12. The van der Waals surface area contributed by atoms with E-state index in [0.717, 1.165) is 5.69 Å². The van der Waals surface area contributed by atoms with Crippen LogP contribution in [0.25, 0.3) is 5.82 Å². The molecule has 0 aliphatic rings. The molecule has 8 nitrogen and oxygen atoms in total. The van der Waals surface area contributed by atoms with E-state index in [1.54, 1.807) is 42.4 Å². The summed E-state index contributed by atoms with van der Waals surface area (Å²) < 4.78 is 7.68. The van der Waals surface area contributed by atoms with Crippen LogP contribution >= 0.6 is 15.9 Å². The van der Waals surface area contributed by atoms with E-state index >= 15 is 0 Å². The van der Waals surface area contributed by atoms with Crippen LogP contribution in [0.3, 0.4) is 0 Å². The van der Waals surface area contributed by atoms with Gasteiger partial charge in [0, 0.05) is 34.3 Å². The number of carbonyl (C=O) groups excluding carboxylic acids is 1. The number of carbonyl (C=O) groups is 1. The molecule has 0 unspecified atom stereocenters. The fraction of sp³-hybridized carbons (Fsp3) is 0.0476. The van der Waals surface area contributed by atoms with Crippen molar-refractivity contribution in [3.05, 3.63) is 83.6 Å². The SMILES string of the molecule is COc1ccc(Br)c(C(=O)Nc2ccc(Nc3cc(-n4ccnc4)ncn3)cc2)c1. The number of amides is 1. The van der Waals surface area contributed by atoms with Crippen molar-refractivity contribution in [3.63, 3.8) is 0 Å². The third-order valence-electron chi connectivity index (χ3n) is 4.25. The van der Waals surface area contributed by atoms with Crippen molar-refractivity contribution in [2.75, 3.05) is 17.7 Å². The Morgan fingerprint density at radius 2 is 1.87 bits per heavy atom. The number of ether oxygens (including phenoxy) is 1. The van der Waals surface area contributed by atoms with Gasteiger partial charge in [0.25, 0.3) is 5.91 Å². The zero-order valence-corrected chi connectivity index (χ0v) is 17.5. The van der Waals surface area contributed by atoms with Crippen molar-refractivity contribution in [2.45, 2.75) is 0 Å². The highest BCUT2D eigenvalue weighted by molar-refractivity contribution is 9.10. The summed E-state index contributed by atoms with van der Waals surface area (Å²) in [7, 11) is 1.56. The predicted molar refractivity (Wildman–Crippen MR) is 118 cm³/mol. The summed E-state index contributed by atoms with van der Waals surface area (Å²) in [6.07, 6.45) is 6.65. The second-order valence-electron chi connectivity index (χ2n) is 6.23. The summed E-state index contributed by atoms with van der Waals surface area (Å²) in [5.41, 5.74) is 1.98. The van der Waals surface area contributed by atoms with Gasteiger partial charge in [0.15, 0.2) is 0 Å². The van der Waals surface area contributed by atoms with E-state index in [1.165, 1.54) is 6.33 Å². The molecule has 2 aromatic heterocycles.